The van der Waals surface area contributed by atoms with Crippen molar-refractivity contribution in [3.8, 4) is 0 Å². The molecule has 5 heteroatoms. The number of hydrogen-bond donors (Lipinski definition) is 0. The first-order chi connectivity index (χ1) is 9.08. The number of amides is 1. The summed E-state index contributed by atoms with van der Waals surface area (Å²) in [5, 5.41) is 0. The molecule has 0 atom stereocenters. The lowest BCUT2D eigenvalue weighted by atomic mass is 9.85. The van der Waals surface area contributed by atoms with E-state index in [1.54, 1.807) is 11.3 Å². The number of thiophene rings is 1. The van der Waals surface area contributed by atoms with Crippen molar-refractivity contribution in [1.82, 2.24) is 4.90 Å². The van der Waals surface area contributed by atoms with Crippen LogP contribution in [0.2, 0.25) is 0 Å². The summed E-state index contributed by atoms with van der Waals surface area (Å²) in [6.45, 7) is 11.5. The first-order valence-electron chi connectivity index (χ1n) is 6.85. The van der Waals surface area contributed by atoms with Gasteiger partial charge in [0.15, 0.2) is 0 Å². The van der Waals surface area contributed by atoms with Crippen LogP contribution >= 0.6 is 27.3 Å². The second-order valence-electron chi connectivity index (χ2n) is 6.92. The van der Waals surface area contributed by atoms with Gasteiger partial charge in [-0.25, -0.2) is 4.79 Å². The minimum atomic E-state index is -0.443. The third kappa shape index (κ3) is 3.55. The molecule has 0 saturated heterocycles. The van der Waals surface area contributed by atoms with E-state index in [-0.39, 0.29) is 11.5 Å². The van der Waals surface area contributed by atoms with Gasteiger partial charge >= 0.3 is 6.09 Å². The minimum absolute atomic E-state index is 0.0503. The molecule has 3 nitrogen and oxygen atoms in total. The number of rotatable bonds is 0. The van der Waals surface area contributed by atoms with Crippen molar-refractivity contribution in [2.45, 2.75) is 52.1 Å². The lowest BCUT2D eigenvalue weighted by molar-refractivity contribution is 0.0225. The lowest BCUT2D eigenvalue weighted by Gasteiger charge is -2.32. The Morgan fingerprint density at radius 1 is 1.45 bits per heavy atom. The Kier molecular flexibility index (Phi) is 4.22. The third-order valence-corrected chi connectivity index (χ3v) is 5.05. The molecule has 0 aliphatic carbocycles. The SMILES string of the molecule is CC(C)(C)OC(=O)N1CCc2sc(Br)cc2C(C)(C)C1. The van der Waals surface area contributed by atoms with Crippen molar-refractivity contribution >= 4 is 33.4 Å². The molecule has 112 valence electrons. The molecular formula is C15H22BrNO2S. The van der Waals surface area contributed by atoms with Crippen molar-refractivity contribution in [2.24, 2.45) is 0 Å². The molecule has 0 N–H and O–H groups in total. The van der Waals surface area contributed by atoms with Gasteiger partial charge in [-0.3, -0.25) is 0 Å². The van der Waals surface area contributed by atoms with Gasteiger partial charge in [0.05, 0.1) is 3.79 Å². The van der Waals surface area contributed by atoms with Gasteiger partial charge < -0.3 is 9.64 Å². The molecule has 0 aromatic carbocycles. The highest BCUT2D eigenvalue weighted by molar-refractivity contribution is 9.11. The Balaban J connectivity index is 2.19. The van der Waals surface area contributed by atoms with Crippen molar-refractivity contribution in [3.63, 3.8) is 0 Å². The summed E-state index contributed by atoms with van der Waals surface area (Å²) < 4.78 is 6.67. The van der Waals surface area contributed by atoms with E-state index in [9.17, 15) is 4.79 Å². The van der Waals surface area contributed by atoms with E-state index in [0.717, 1.165) is 13.0 Å². The van der Waals surface area contributed by atoms with Crippen LogP contribution in [0.15, 0.2) is 9.85 Å². The van der Waals surface area contributed by atoms with E-state index in [0.29, 0.717) is 6.54 Å². The maximum absolute atomic E-state index is 12.3. The summed E-state index contributed by atoms with van der Waals surface area (Å²) in [5.74, 6) is 0. The number of fused-ring (bicyclic) bond motifs is 1. The van der Waals surface area contributed by atoms with E-state index in [4.69, 9.17) is 4.74 Å². The zero-order chi connectivity index (χ0) is 15.1. The molecule has 1 aromatic rings. The summed E-state index contributed by atoms with van der Waals surface area (Å²) >= 11 is 5.34. The number of carbonyl (C=O) groups is 1. The fraction of sp³-hybridized carbons (Fsp3) is 0.667. The predicted octanol–water partition coefficient (Wildman–Crippen LogP) is 4.58. The zero-order valence-corrected chi connectivity index (χ0v) is 15.2. The monoisotopic (exact) mass is 359 g/mol. The molecule has 2 rings (SSSR count). The molecule has 0 unspecified atom stereocenters. The van der Waals surface area contributed by atoms with E-state index < -0.39 is 5.60 Å². The van der Waals surface area contributed by atoms with Crippen LogP contribution in [-0.2, 0) is 16.6 Å². The molecule has 1 amide bonds. The molecule has 1 aliphatic rings. The summed E-state index contributed by atoms with van der Waals surface area (Å²) in [6.07, 6.45) is 0.689. The number of carbonyl (C=O) groups excluding carboxylic acids is 1. The highest BCUT2D eigenvalue weighted by Gasteiger charge is 2.34. The van der Waals surface area contributed by atoms with Crippen LogP contribution in [0, 0.1) is 0 Å². The maximum Gasteiger partial charge on any atom is 0.410 e. The molecule has 0 saturated carbocycles. The van der Waals surface area contributed by atoms with Gasteiger partial charge in [-0.2, -0.15) is 0 Å². The second kappa shape index (κ2) is 5.34. The topological polar surface area (TPSA) is 29.5 Å². The summed E-state index contributed by atoms with van der Waals surface area (Å²) in [6, 6.07) is 2.19. The van der Waals surface area contributed by atoms with Crippen molar-refractivity contribution in [3.05, 3.63) is 20.3 Å². The number of ether oxygens (including phenoxy) is 1. The molecule has 20 heavy (non-hydrogen) atoms. The van der Waals surface area contributed by atoms with Gasteiger partial charge in [-0.15, -0.1) is 11.3 Å². The van der Waals surface area contributed by atoms with Gasteiger partial charge in [0.2, 0.25) is 0 Å². The fourth-order valence-corrected chi connectivity index (χ4v) is 4.38. The van der Waals surface area contributed by atoms with Crippen LogP contribution in [0.4, 0.5) is 4.79 Å². The van der Waals surface area contributed by atoms with Gasteiger partial charge in [0.1, 0.15) is 5.60 Å². The standard InChI is InChI=1S/C15H22BrNO2S/c1-14(2,3)19-13(18)17-7-6-11-10(8-12(16)20-11)15(4,5)9-17/h8H,6-7,9H2,1-5H3. The van der Waals surface area contributed by atoms with E-state index in [1.165, 1.54) is 14.2 Å². The molecule has 1 aliphatic heterocycles. The van der Waals surface area contributed by atoms with Crippen LogP contribution < -0.4 is 0 Å². The first kappa shape index (κ1) is 15.8. The maximum atomic E-state index is 12.3. The molecule has 0 fully saturated rings. The fourth-order valence-electron chi connectivity index (χ4n) is 2.51. The molecule has 2 heterocycles. The average Bonchev–Trinajstić information content (AvgIpc) is 2.58. The Morgan fingerprint density at radius 3 is 2.70 bits per heavy atom. The molecule has 0 spiro atoms. The van der Waals surface area contributed by atoms with Gasteiger partial charge in [-0.05, 0) is 54.8 Å². The van der Waals surface area contributed by atoms with E-state index >= 15 is 0 Å². The van der Waals surface area contributed by atoms with Crippen molar-refractivity contribution < 1.29 is 9.53 Å². The largest absolute Gasteiger partial charge is 0.444 e. The van der Waals surface area contributed by atoms with Crippen LogP contribution in [0.5, 0.6) is 0 Å². The highest BCUT2D eigenvalue weighted by Crippen LogP contribution is 2.38. The van der Waals surface area contributed by atoms with Crippen LogP contribution in [0.3, 0.4) is 0 Å². The highest BCUT2D eigenvalue weighted by atomic mass is 79.9. The molecule has 0 bridgehead atoms. The van der Waals surface area contributed by atoms with Crippen molar-refractivity contribution in [1.29, 1.82) is 0 Å². The van der Waals surface area contributed by atoms with Gasteiger partial charge in [0, 0.05) is 23.4 Å². The second-order valence-corrected chi connectivity index (χ2v) is 9.44. The average molecular weight is 360 g/mol. The minimum Gasteiger partial charge on any atom is -0.444 e. The smallest absolute Gasteiger partial charge is 0.410 e. The van der Waals surface area contributed by atoms with Gasteiger partial charge in [-0.1, -0.05) is 13.8 Å². The van der Waals surface area contributed by atoms with Crippen molar-refractivity contribution in [2.75, 3.05) is 13.1 Å². The lowest BCUT2D eigenvalue weighted by Crippen LogP contribution is -2.42. The Labute approximate surface area is 133 Å². The van der Waals surface area contributed by atoms with Crippen LogP contribution in [-0.4, -0.2) is 29.7 Å². The van der Waals surface area contributed by atoms with Crippen LogP contribution in [0.25, 0.3) is 0 Å². The molecular weight excluding hydrogens is 338 g/mol. The number of hydrogen-bond acceptors (Lipinski definition) is 3. The Morgan fingerprint density at radius 2 is 2.10 bits per heavy atom. The molecule has 0 radical (unpaired) electrons. The summed E-state index contributed by atoms with van der Waals surface area (Å²) in [4.78, 5) is 15.5. The first-order valence-corrected chi connectivity index (χ1v) is 8.46. The Bertz CT molecular complexity index is 516. The third-order valence-electron chi connectivity index (χ3n) is 3.35. The Hall–Kier alpha value is -0.550. The summed E-state index contributed by atoms with van der Waals surface area (Å²) in [5.41, 5.74) is 0.854. The quantitative estimate of drug-likeness (QED) is 0.678. The van der Waals surface area contributed by atoms with Gasteiger partial charge in [0.25, 0.3) is 0 Å². The van der Waals surface area contributed by atoms with E-state index in [1.807, 2.05) is 25.7 Å². The normalized spacial score (nSPS) is 18.4. The zero-order valence-electron chi connectivity index (χ0n) is 12.7. The number of halogens is 1. The molecule has 1 aromatic heterocycles. The summed E-state index contributed by atoms with van der Waals surface area (Å²) in [7, 11) is 0. The number of nitrogens with zero attached hydrogens (tertiary/aromatic N) is 1. The predicted molar refractivity (Wildman–Crippen MR) is 86.6 cm³/mol. The van der Waals surface area contributed by atoms with E-state index in [2.05, 4.69) is 35.8 Å². The van der Waals surface area contributed by atoms with Crippen LogP contribution in [0.1, 0.15) is 45.1 Å².